The lowest BCUT2D eigenvalue weighted by molar-refractivity contribution is -0.123. The van der Waals surface area contributed by atoms with E-state index < -0.39 is 5.41 Å². The van der Waals surface area contributed by atoms with Gasteiger partial charge in [-0.05, 0) is 48.5 Å². The van der Waals surface area contributed by atoms with Crippen LogP contribution in [0.25, 0.3) is 0 Å². The number of rotatable bonds is 4. The van der Waals surface area contributed by atoms with Crippen LogP contribution in [0.4, 0.5) is 17.1 Å². The zero-order chi connectivity index (χ0) is 17.7. The van der Waals surface area contributed by atoms with E-state index in [0.29, 0.717) is 5.56 Å². The normalized spacial score (nSPS) is 10.8. The van der Waals surface area contributed by atoms with Crippen molar-refractivity contribution in [1.29, 1.82) is 0 Å². The van der Waals surface area contributed by atoms with Gasteiger partial charge in [-0.2, -0.15) is 0 Å². The lowest BCUT2D eigenvalue weighted by Gasteiger charge is -2.17. The van der Waals surface area contributed by atoms with Crippen molar-refractivity contribution >= 4 is 28.9 Å². The van der Waals surface area contributed by atoms with Crippen molar-refractivity contribution < 1.29 is 14.3 Å². The average Bonchev–Trinajstić information content (AvgIpc) is 2.55. The molecule has 5 nitrogen and oxygen atoms in total. The second kappa shape index (κ2) is 7.17. The van der Waals surface area contributed by atoms with Crippen LogP contribution in [0.5, 0.6) is 0 Å². The highest BCUT2D eigenvalue weighted by Crippen LogP contribution is 2.21. The Labute approximate surface area is 142 Å². The molecule has 0 aliphatic rings. The summed E-state index contributed by atoms with van der Waals surface area (Å²) in [5.41, 5.74) is 2.56. The van der Waals surface area contributed by atoms with Crippen molar-refractivity contribution in [3.8, 4) is 0 Å². The van der Waals surface area contributed by atoms with Crippen LogP contribution in [-0.4, -0.2) is 19.0 Å². The predicted octanol–water partition coefficient (Wildman–Crippen LogP) is 4.20. The summed E-state index contributed by atoms with van der Waals surface area (Å²) in [6.07, 6.45) is 0. The van der Waals surface area contributed by atoms with E-state index in [4.69, 9.17) is 0 Å². The third-order valence-corrected chi connectivity index (χ3v) is 3.42. The van der Waals surface area contributed by atoms with Gasteiger partial charge in [-0.3, -0.25) is 4.79 Å². The average molecular weight is 326 g/mol. The minimum Gasteiger partial charge on any atom is -0.465 e. The third kappa shape index (κ3) is 4.59. The molecule has 0 bridgehead atoms. The fourth-order valence-corrected chi connectivity index (χ4v) is 1.93. The summed E-state index contributed by atoms with van der Waals surface area (Å²) in [4.78, 5) is 23.4. The van der Waals surface area contributed by atoms with E-state index in [1.807, 2.05) is 57.2 Å². The molecule has 0 unspecified atom stereocenters. The van der Waals surface area contributed by atoms with Crippen molar-refractivity contribution in [3.05, 3.63) is 54.1 Å². The number of methoxy groups -OCH3 is 1. The van der Waals surface area contributed by atoms with Crippen molar-refractivity contribution in [1.82, 2.24) is 0 Å². The highest BCUT2D eigenvalue weighted by molar-refractivity contribution is 5.94. The third-order valence-electron chi connectivity index (χ3n) is 3.42. The van der Waals surface area contributed by atoms with Crippen molar-refractivity contribution in [2.45, 2.75) is 20.8 Å². The largest absolute Gasteiger partial charge is 0.465 e. The summed E-state index contributed by atoms with van der Waals surface area (Å²) in [6.45, 7) is 5.61. The summed E-state index contributed by atoms with van der Waals surface area (Å²) < 4.78 is 4.67. The van der Waals surface area contributed by atoms with Crippen LogP contribution in [0, 0.1) is 5.41 Å². The van der Waals surface area contributed by atoms with Gasteiger partial charge in [-0.15, -0.1) is 0 Å². The molecular weight excluding hydrogens is 304 g/mol. The number of carbonyl (C=O) groups excluding carboxylic acids is 2. The zero-order valence-corrected chi connectivity index (χ0v) is 14.3. The number of carbonyl (C=O) groups is 2. The number of hydrogen-bond donors (Lipinski definition) is 2. The maximum absolute atomic E-state index is 12.0. The second-order valence-electron chi connectivity index (χ2n) is 6.48. The summed E-state index contributed by atoms with van der Waals surface area (Å²) in [5.74, 6) is -0.387. The smallest absolute Gasteiger partial charge is 0.337 e. The Morgan fingerprint density at radius 3 is 1.75 bits per heavy atom. The van der Waals surface area contributed by atoms with Crippen LogP contribution >= 0.6 is 0 Å². The monoisotopic (exact) mass is 326 g/mol. The Morgan fingerprint density at radius 1 is 0.833 bits per heavy atom. The van der Waals surface area contributed by atoms with Crippen LogP contribution in [0.3, 0.4) is 0 Å². The molecule has 5 heteroatoms. The molecule has 0 aromatic heterocycles. The van der Waals surface area contributed by atoms with E-state index in [1.165, 1.54) is 7.11 Å². The van der Waals surface area contributed by atoms with Gasteiger partial charge in [0.05, 0.1) is 12.7 Å². The molecule has 2 aromatic carbocycles. The maximum atomic E-state index is 12.0. The standard InChI is InChI=1S/C19H22N2O3/c1-19(2,3)18(23)21-16-11-9-15(10-12-16)20-14-7-5-13(6-8-14)17(22)24-4/h5-12,20H,1-4H3,(H,21,23). The van der Waals surface area contributed by atoms with Gasteiger partial charge in [0, 0.05) is 22.5 Å². The summed E-state index contributed by atoms with van der Waals surface area (Å²) in [6, 6.07) is 14.5. The molecule has 24 heavy (non-hydrogen) atoms. The maximum Gasteiger partial charge on any atom is 0.337 e. The number of nitrogens with one attached hydrogen (secondary N) is 2. The molecule has 0 heterocycles. The van der Waals surface area contributed by atoms with E-state index >= 15 is 0 Å². The Hall–Kier alpha value is -2.82. The highest BCUT2D eigenvalue weighted by Gasteiger charge is 2.20. The zero-order valence-electron chi connectivity index (χ0n) is 14.3. The van der Waals surface area contributed by atoms with Gasteiger partial charge in [0.2, 0.25) is 5.91 Å². The lowest BCUT2D eigenvalue weighted by atomic mass is 9.95. The molecule has 0 spiro atoms. The highest BCUT2D eigenvalue weighted by atomic mass is 16.5. The minimum absolute atomic E-state index is 0.0263. The summed E-state index contributed by atoms with van der Waals surface area (Å²) >= 11 is 0. The molecular formula is C19H22N2O3. The summed E-state index contributed by atoms with van der Waals surface area (Å²) in [7, 11) is 1.36. The molecule has 0 saturated carbocycles. The summed E-state index contributed by atoms with van der Waals surface area (Å²) in [5, 5.41) is 6.12. The van der Waals surface area contributed by atoms with Gasteiger partial charge in [-0.1, -0.05) is 20.8 Å². The molecule has 0 fully saturated rings. The predicted molar refractivity (Wildman–Crippen MR) is 95.6 cm³/mol. The Morgan fingerprint density at radius 2 is 1.29 bits per heavy atom. The SMILES string of the molecule is COC(=O)c1ccc(Nc2ccc(NC(=O)C(C)(C)C)cc2)cc1. The first-order valence-corrected chi connectivity index (χ1v) is 7.66. The van der Waals surface area contributed by atoms with Crippen molar-refractivity contribution in [2.75, 3.05) is 17.7 Å². The first-order valence-electron chi connectivity index (χ1n) is 7.66. The van der Waals surface area contributed by atoms with Gasteiger partial charge in [0.1, 0.15) is 0 Å². The first kappa shape index (κ1) is 17.5. The minimum atomic E-state index is -0.432. The number of amides is 1. The van der Waals surface area contributed by atoms with Crippen LogP contribution < -0.4 is 10.6 Å². The Kier molecular flexibility index (Phi) is 5.24. The molecule has 126 valence electrons. The van der Waals surface area contributed by atoms with Gasteiger partial charge in [-0.25, -0.2) is 4.79 Å². The van der Waals surface area contributed by atoms with Gasteiger partial charge in [0.15, 0.2) is 0 Å². The number of hydrogen-bond acceptors (Lipinski definition) is 4. The molecule has 0 radical (unpaired) electrons. The Balaban J connectivity index is 2.01. The molecule has 0 saturated heterocycles. The topological polar surface area (TPSA) is 67.4 Å². The van der Waals surface area contributed by atoms with E-state index in [1.54, 1.807) is 12.1 Å². The molecule has 2 rings (SSSR count). The number of esters is 1. The van der Waals surface area contributed by atoms with Gasteiger partial charge >= 0.3 is 5.97 Å². The first-order chi connectivity index (χ1) is 11.3. The van der Waals surface area contributed by atoms with E-state index in [-0.39, 0.29) is 11.9 Å². The van der Waals surface area contributed by atoms with Gasteiger partial charge < -0.3 is 15.4 Å². The molecule has 1 amide bonds. The van der Waals surface area contributed by atoms with Gasteiger partial charge in [0.25, 0.3) is 0 Å². The fourth-order valence-electron chi connectivity index (χ4n) is 1.93. The van der Waals surface area contributed by atoms with Crippen LogP contribution in [0.1, 0.15) is 31.1 Å². The van der Waals surface area contributed by atoms with Crippen LogP contribution in [0.2, 0.25) is 0 Å². The van der Waals surface area contributed by atoms with E-state index in [2.05, 4.69) is 15.4 Å². The van der Waals surface area contributed by atoms with E-state index in [9.17, 15) is 9.59 Å². The molecule has 0 aliphatic carbocycles. The second-order valence-corrected chi connectivity index (χ2v) is 6.48. The van der Waals surface area contributed by atoms with Crippen molar-refractivity contribution in [3.63, 3.8) is 0 Å². The lowest BCUT2D eigenvalue weighted by Crippen LogP contribution is -2.27. The number of benzene rings is 2. The quantitative estimate of drug-likeness (QED) is 0.826. The number of anilines is 3. The van der Waals surface area contributed by atoms with E-state index in [0.717, 1.165) is 17.1 Å². The van der Waals surface area contributed by atoms with Crippen LogP contribution in [-0.2, 0) is 9.53 Å². The molecule has 2 N–H and O–H groups in total. The number of ether oxygens (including phenoxy) is 1. The molecule has 0 atom stereocenters. The van der Waals surface area contributed by atoms with Crippen molar-refractivity contribution in [2.24, 2.45) is 5.41 Å². The van der Waals surface area contributed by atoms with Crippen LogP contribution in [0.15, 0.2) is 48.5 Å². The Bertz CT molecular complexity index is 714. The molecule has 2 aromatic rings. The molecule has 0 aliphatic heterocycles. The fraction of sp³-hybridized carbons (Fsp3) is 0.263.